The van der Waals surface area contributed by atoms with Crippen LogP contribution in [0.25, 0.3) is 0 Å². The van der Waals surface area contributed by atoms with Crippen LogP contribution < -0.4 is 9.47 Å². The summed E-state index contributed by atoms with van der Waals surface area (Å²) < 4.78 is 16.2. The molecule has 1 aromatic rings. The van der Waals surface area contributed by atoms with Gasteiger partial charge in [0.2, 0.25) is 0 Å². The Morgan fingerprint density at radius 3 is 2.55 bits per heavy atom. The summed E-state index contributed by atoms with van der Waals surface area (Å²) in [6.45, 7) is 5.61. The Morgan fingerprint density at radius 1 is 1.18 bits per heavy atom. The smallest absolute Gasteiger partial charge is 0.161 e. The van der Waals surface area contributed by atoms with Crippen LogP contribution in [-0.4, -0.2) is 39.1 Å². The summed E-state index contributed by atoms with van der Waals surface area (Å²) in [5, 5.41) is 9.13. The van der Waals surface area contributed by atoms with E-state index in [1.165, 1.54) is 5.57 Å². The standard InChI is InChI=1S/C18H28O4/c1-14(2)16(8-9-19)12-15-6-7-17(21-4)18(13-15)22-11-5-10-20-3/h6-8,13-14,19H,5,9-12H2,1-4H3/b16-8-. The van der Waals surface area contributed by atoms with Crippen molar-refractivity contribution in [3.8, 4) is 11.5 Å². The molecule has 0 heterocycles. The number of allylic oxidation sites excluding steroid dienone is 1. The zero-order valence-corrected chi connectivity index (χ0v) is 14.1. The summed E-state index contributed by atoms with van der Waals surface area (Å²) in [5.74, 6) is 1.89. The van der Waals surface area contributed by atoms with Gasteiger partial charge in [0.05, 0.1) is 20.3 Å². The number of methoxy groups -OCH3 is 2. The van der Waals surface area contributed by atoms with Crippen molar-refractivity contribution in [2.45, 2.75) is 26.7 Å². The van der Waals surface area contributed by atoms with Gasteiger partial charge in [-0.25, -0.2) is 0 Å². The van der Waals surface area contributed by atoms with Gasteiger partial charge in [0.15, 0.2) is 11.5 Å². The number of rotatable bonds is 10. The number of aliphatic hydroxyl groups is 1. The molecular weight excluding hydrogens is 280 g/mol. The average Bonchev–Trinajstić information content (AvgIpc) is 2.51. The first kappa shape index (κ1) is 18.5. The summed E-state index contributed by atoms with van der Waals surface area (Å²) in [7, 11) is 3.32. The molecule has 0 atom stereocenters. The minimum Gasteiger partial charge on any atom is -0.493 e. The van der Waals surface area contributed by atoms with Crippen LogP contribution in [0.1, 0.15) is 25.8 Å². The molecule has 0 radical (unpaired) electrons. The predicted molar refractivity (Wildman–Crippen MR) is 88.7 cm³/mol. The zero-order valence-electron chi connectivity index (χ0n) is 14.1. The molecule has 0 spiro atoms. The van der Waals surface area contributed by atoms with Crippen molar-refractivity contribution in [2.24, 2.45) is 5.92 Å². The molecule has 0 fully saturated rings. The highest BCUT2D eigenvalue weighted by atomic mass is 16.5. The average molecular weight is 308 g/mol. The van der Waals surface area contributed by atoms with Gasteiger partial charge in [-0.15, -0.1) is 0 Å². The molecule has 0 unspecified atom stereocenters. The van der Waals surface area contributed by atoms with Gasteiger partial charge in [0, 0.05) is 20.1 Å². The van der Waals surface area contributed by atoms with Crippen LogP contribution in [-0.2, 0) is 11.2 Å². The first-order valence-electron chi connectivity index (χ1n) is 7.70. The Hall–Kier alpha value is -1.52. The number of hydrogen-bond donors (Lipinski definition) is 1. The van der Waals surface area contributed by atoms with E-state index < -0.39 is 0 Å². The Balaban J connectivity index is 2.82. The molecule has 0 aromatic heterocycles. The summed E-state index contributed by atoms with van der Waals surface area (Å²) in [6.07, 6.45) is 3.52. The quantitative estimate of drug-likeness (QED) is 0.532. The van der Waals surface area contributed by atoms with Gasteiger partial charge in [-0.3, -0.25) is 0 Å². The maximum Gasteiger partial charge on any atom is 0.161 e. The SMILES string of the molecule is COCCCOc1cc(C/C(=C/CO)C(C)C)ccc1OC. The lowest BCUT2D eigenvalue weighted by Crippen LogP contribution is -2.04. The van der Waals surface area contributed by atoms with E-state index in [0.29, 0.717) is 19.1 Å². The summed E-state index contributed by atoms with van der Waals surface area (Å²) in [6, 6.07) is 5.98. The molecule has 0 bridgehead atoms. The van der Waals surface area contributed by atoms with Gasteiger partial charge in [-0.1, -0.05) is 31.6 Å². The van der Waals surface area contributed by atoms with Crippen molar-refractivity contribution in [1.82, 2.24) is 0 Å². The van der Waals surface area contributed by atoms with E-state index in [0.717, 1.165) is 29.9 Å². The molecule has 0 aliphatic heterocycles. The minimum atomic E-state index is 0.0735. The first-order chi connectivity index (χ1) is 10.6. The third-order valence-corrected chi connectivity index (χ3v) is 3.48. The van der Waals surface area contributed by atoms with E-state index in [1.807, 2.05) is 24.3 Å². The molecule has 1 aromatic carbocycles. The van der Waals surface area contributed by atoms with Crippen molar-refractivity contribution in [3.05, 3.63) is 35.4 Å². The molecule has 0 amide bonds. The normalized spacial score (nSPS) is 11.8. The second kappa shape index (κ2) is 10.2. The minimum absolute atomic E-state index is 0.0735. The second-order valence-electron chi connectivity index (χ2n) is 5.47. The molecule has 124 valence electrons. The topological polar surface area (TPSA) is 47.9 Å². The maximum atomic E-state index is 9.13. The van der Waals surface area contributed by atoms with Gasteiger partial charge in [-0.05, 0) is 30.0 Å². The molecule has 0 saturated carbocycles. The van der Waals surface area contributed by atoms with Gasteiger partial charge >= 0.3 is 0 Å². The number of ether oxygens (including phenoxy) is 3. The van der Waals surface area contributed by atoms with Crippen molar-refractivity contribution in [2.75, 3.05) is 34.0 Å². The van der Waals surface area contributed by atoms with E-state index in [1.54, 1.807) is 14.2 Å². The van der Waals surface area contributed by atoms with Gasteiger partial charge in [0.1, 0.15) is 0 Å². The molecule has 4 nitrogen and oxygen atoms in total. The lowest BCUT2D eigenvalue weighted by atomic mass is 9.95. The summed E-state index contributed by atoms with van der Waals surface area (Å²) in [5.41, 5.74) is 2.37. The van der Waals surface area contributed by atoms with Crippen molar-refractivity contribution < 1.29 is 19.3 Å². The van der Waals surface area contributed by atoms with Crippen molar-refractivity contribution in [3.63, 3.8) is 0 Å². The summed E-state index contributed by atoms with van der Waals surface area (Å²) in [4.78, 5) is 0. The fourth-order valence-corrected chi connectivity index (χ4v) is 2.19. The van der Waals surface area contributed by atoms with E-state index >= 15 is 0 Å². The molecular formula is C18H28O4. The fraction of sp³-hybridized carbons (Fsp3) is 0.556. The van der Waals surface area contributed by atoms with Crippen molar-refractivity contribution in [1.29, 1.82) is 0 Å². The van der Waals surface area contributed by atoms with Crippen LogP contribution in [0.4, 0.5) is 0 Å². The highest BCUT2D eigenvalue weighted by Gasteiger charge is 2.09. The number of benzene rings is 1. The van der Waals surface area contributed by atoms with Crippen LogP contribution >= 0.6 is 0 Å². The van der Waals surface area contributed by atoms with Gasteiger partial charge in [-0.2, -0.15) is 0 Å². The third-order valence-electron chi connectivity index (χ3n) is 3.48. The second-order valence-corrected chi connectivity index (χ2v) is 5.47. The van der Waals surface area contributed by atoms with Crippen LogP contribution in [0.5, 0.6) is 11.5 Å². The van der Waals surface area contributed by atoms with Crippen LogP contribution in [0.3, 0.4) is 0 Å². The fourth-order valence-electron chi connectivity index (χ4n) is 2.19. The number of aliphatic hydroxyl groups excluding tert-OH is 1. The molecule has 22 heavy (non-hydrogen) atoms. The Bertz CT molecular complexity index is 466. The number of hydrogen-bond acceptors (Lipinski definition) is 4. The Morgan fingerprint density at radius 2 is 1.95 bits per heavy atom. The highest BCUT2D eigenvalue weighted by Crippen LogP contribution is 2.29. The monoisotopic (exact) mass is 308 g/mol. The van der Waals surface area contributed by atoms with Gasteiger partial charge < -0.3 is 19.3 Å². The lowest BCUT2D eigenvalue weighted by Gasteiger charge is -2.15. The summed E-state index contributed by atoms with van der Waals surface area (Å²) >= 11 is 0. The van der Waals surface area contributed by atoms with Crippen LogP contribution in [0.15, 0.2) is 29.8 Å². The Kier molecular flexibility index (Phi) is 8.63. The lowest BCUT2D eigenvalue weighted by molar-refractivity contribution is 0.170. The maximum absolute atomic E-state index is 9.13. The molecule has 1 rings (SSSR count). The van der Waals surface area contributed by atoms with E-state index in [2.05, 4.69) is 13.8 Å². The molecule has 4 heteroatoms. The van der Waals surface area contributed by atoms with E-state index in [9.17, 15) is 0 Å². The molecule has 1 N–H and O–H groups in total. The van der Waals surface area contributed by atoms with Crippen LogP contribution in [0, 0.1) is 5.92 Å². The molecule has 0 saturated heterocycles. The highest BCUT2D eigenvalue weighted by molar-refractivity contribution is 5.44. The van der Waals surface area contributed by atoms with Gasteiger partial charge in [0.25, 0.3) is 0 Å². The van der Waals surface area contributed by atoms with E-state index in [4.69, 9.17) is 19.3 Å². The largest absolute Gasteiger partial charge is 0.493 e. The molecule has 0 aliphatic carbocycles. The zero-order chi connectivity index (χ0) is 16.4. The third kappa shape index (κ3) is 6.08. The molecule has 0 aliphatic rings. The predicted octanol–water partition coefficient (Wildman–Crippen LogP) is 3.23. The van der Waals surface area contributed by atoms with E-state index in [-0.39, 0.29) is 6.61 Å². The Labute approximate surface area is 133 Å². The van der Waals surface area contributed by atoms with Crippen molar-refractivity contribution >= 4 is 0 Å². The first-order valence-corrected chi connectivity index (χ1v) is 7.70. The van der Waals surface area contributed by atoms with Crippen LogP contribution in [0.2, 0.25) is 0 Å².